The maximum atomic E-state index is 12.8. The molecule has 0 aliphatic carbocycles. The lowest BCUT2D eigenvalue weighted by Gasteiger charge is -2.29. The molecule has 0 atom stereocenters. The lowest BCUT2D eigenvalue weighted by atomic mass is 9.99. The van der Waals surface area contributed by atoms with E-state index < -0.39 is 0 Å². The first kappa shape index (κ1) is 18.6. The van der Waals surface area contributed by atoms with Gasteiger partial charge in [0.05, 0.1) is 6.20 Å². The number of carbonyl (C=O) groups excluding carboxylic acids is 1. The minimum Gasteiger partial charge on any atom is -0.338 e. The van der Waals surface area contributed by atoms with Crippen LogP contribution < -0.4 is 5.56 Å². The molecule has 6 nitrogen and oxygen atoms in total. The SMILES string of the molecule is Cn1ncc2c3ccccc3n(CCCC(=O)N3CCc4ccccc4C3)c2c1=O. The monoisotopic (exact) mass is 400 g/mol. The molecular formula is C24H24N4O2. The van der Waals surface area contributed by atoms with Crippen molar-refractivity contribution in [1.29, 1.82) is 0 Å². The Morgan fingerprint density at radius 1 is 1.03 bits per heavy atom. The van der Waals surface area contributed by atoms with Gasteiger partial charge in [-0.25, -0.2) is 4.68 Å². The number of amides is 1. The topological polar surface area (TPSA) is 60.1 Å². The maximum Gasteiger partial charge on any atom is 0.291 e. The zero-order valence-electron chi connectivity index (χ0n) is 17.0. The summed E-state index contributed by atoms with van der Waals surface area (Å²) in [5.74, 6) is 0.180. The third kappa shape index (κ3) is 3.09. The Morgan fingerprint density at radius 3 is 2.67 bits per heavy atom. The van der Waals surface area contributed by atoms with Gasteiger partial charge in [0.15, 0.2) is 0 Å². The molecule has 0 radical (unpaired) electrons. The fourth-order valence-corrected chi connectivity index (χ4v) is 4.53. The second-order valence-electron chi connectivity index (χ2n) is 7.94. The molecule has 1 aliphatic rings. The van der Waals surface area contributed by atoms with Crippen molar-refractivity contribution in [2.75, 3.05) is 6.54 Å². The van der Waals surface area contributed by atoms with Gasteiger partial charge in [-0.3, -0.25) is 9.59 Å². The summed E-state index contributed by atoms with van der Waals surface area (Å²) >= 11 is 0. The normalized spacial score (nSPS) is 13.7. The highest BCUT2D eigenvalue weighted by molar-refractivity contribution is 6.07. The number of carbonyl (C=O) groups is 1. The van der Waals surface area contributed by atoms with Gasteiger partial charge in [-0.05, 0) is 30.0 Å². The molecule has 3 heterocycles. The van der Waals surface area contributed by atoms with E-state index in [1.165, 1.54) is 15.8 Å². The molecule has 0 bridgehead atoms. The van der Waals surface area contributed by atoms with Crippen LogP contribution in [0.3, 0.4) is 0 Å². The molecule has 0 N–H and O–H groups in total. The summed E-state index contributed by atoms with van der Waals surface area (Å²) in [5.41, 5.74) is 4.15. The first-order chi connectivity index (χ1) is 14.6. The quantitative estimate of drug-likeness (QED) is 0.528. The van der Waals surface area contributed by atoms with Gasteiger partial charge < -0.3 is 9.47 Å². The summed E-state index contributed by atoms with van der Waals surface area (Å²) in [6.07, 6.45) is 3.83. The number of nitrogens with zero attached hydrogens (tertiary/aromatic N) is 4. The highest BCUT2D eigenvalue weighted by atomic mass is 16.2. The molecule has 6 heteroatoms. The molecule has 2 aromatic carbocycles. The van der Waals surface area contributed by atoms with Crippen LogP contribution in [0, 0.1) is 0 Å². The highest BCUT2D eigenvalue weighted by Crippen LogP contribution is 2.27. The fraction of sp³-hybridized carbons (Fsp3) is 0.292. The number of rotatable bonds is 4. The van der Waals surface area contributed by atoms with E-state index in [0.717, 1.165) is 29.3 Å². The van der Waals surface area contributed by atoms with Gasteiger partial charge in [-0.15, -0.1) is 0 Å². The lowest BCUT2D eigenvalue weighted by Crippen LogP contribution is -2.35. The number of aromatic nitrogens is 3. The summed E-state index contributed by atoms with van der Waals surface area (Å²) in [7, 11) is 1.67. The van der Waals surface area contributed by atoms with Crippen LogP contribution in [0.1, 0.15) is 24.0 Å². The standard InChI is InChI=1S/C24H24N4O2/c1-26-24(30)23-20(15-25-26)19-9-4-5-10-21(19)28(23)13-6-11-22(29)27-14-12-17-7-2-3-8-18(17)16-27/h2-5,7-10,15H,6,11-14,16H2,1H3. The van der Waals surface area contributed by atoms with Crippen molar-refractivity contribution in [3.05, 3.63) is 76.2 Å². The smallest absolute Gasteiger partial charge is 0.291 e. The van der Waals surface area contributed by atoms with E-state index in [2.05, 4.69) is 23.3 Å². The molecule has 152 valence electrons. The summed E-state index contributed by atoms with van der Waals surface area (Å²) in [5, 5.41) is 6.08. The number of fused-ring (bicyclic) bond motifs is 4. The molecule has 30 heavy (non-hydrogen) atoms. The van der Waals surface area contributed by atoms with Crippen LogP contribution >= 0.6 is 0 Å². The van der Waals surface area contributed by atoms with E-state index in [9.17, 15) is 9.59 Å². The molecule has 1 aliphatic heterocycles. The van der Waals surface area contributed by atoms with Crippen molar-refractivity contribution in [1.82, 2.24) is 19.2 Å². The van der Waals surface area contributed by atoms with Crippen LogP contribution in [0.2, 0.25) is 0 Å². The Labute approximate surface area is 174 Å². The Hall–Kier alpha value is -3.41. The summed E-state index contributed by atoms with van der Waals surface area (Å²) in [6.45, 7) is 2.09. The lowest BCUT2D eigenvalue weighted by molar-refractivity contribution is -0.132. The molecule has 0 unspecified atom stereocenters. The van der Waals surface area contributed by atoms with E-state index >= 15 is 0 Å². The number of para-hydroxylation sites is 1. The van der Waals surface area contributed by atoms with Crippen molar-refractivity contribution in [3.63, 3.8) is 0 Å². The van der Waals surface area contributed by atoms with E-state index in [4.69, 9.17) is 0 Å². The zero-order valence-corrected chi connectivity index (χ0v) is 17.0. The highest BCUT2D eigenvalue weighted by Gasteiger charge is 2.20. The van der Waals surface area contributed by atoms with Gasteiger partial charge in [0.25, 0.3) is 5.56 Å². The minimum absolute atomic E-state index is 0.109. The zero-order chi connectivity index (χ0) is 20.7. The molecule has 0 fully saturated rings. The van der Waals surface area contributed by atoms with E-state index in [-0.39, 0.29) is 11.5 Å². The third-order valence-corrected chi connectivity index (χ3v) is 6.12. The molecular weight excluding hydrogens is 376 g/mol. The van der Waals surface area contributed by atoms with Gasteiger partial charge in [-0.2, -0.15) is 5.10 Å². The van der Waals surface area contributed by atoms with Crippen molar-refractivity contribution in [3.8, 4) is 0 Å². The van der Waals surface area contributed by atoms with Crippen molar-refractivity contribution in [2.24, 2.45) is 7.05 Å². The Kier molecular flexibility index (Phi) is 4.62. The van der Waals surface area contributed by atoms with Crippen molar-refractivity contribution in [2.45, 2.75) is 32.4 Å². The van der Waals surface area contributed by atoms with Crippen molar-refractivity contribution < 1.29 is 4.79 Å². The fourth-order valence-electron chi connectivity index (χ4n) is 4.53. The first-order valence-electron chi connectivity index (χ1n) is 10.4. The second kappa shape index (κ2) is 7.44. The van der Waals surface area contributed by atoms with Gasteiger partial charge in [0.2, 0.25) is 5.91 Å². The Bertz CT molecular complexity index is 1320. The maximum absolute atomic E-state index is 12.8. The van der Waals surface area contributed by atoms with Crippen LogP contribution in [0.15, 0.2) is 59.5 Å². The largest absolute Gasteiger partial charge is 0.338 e. The molecule has 0 saturated heterocycles. The predicted octanol–water partition coefficient (Wildman–Crippen LogP) is 3.25. The predicted molar refractivity (Wildman–Crippen MR) is 117 cm³/mol. The Morgan fingerprint density at radius 2 is 1.80 bits per heavy atom. The van der Waals surface area contributed by atoms with Gasteiger partial charge in [0.1, 0.15) is 5.52 Å². The number of hydrogen-bond donors (Lipinski definition) is 0. The van der Waals surface area contributed by atoms with Crippen molar-refractivity contribution >= 4 is 27.7 Å². The summed E-state index contributed by atoms with van der Waals surface area (Å²) in [6, 6.07) is 16.3. The van der Waals surface area contributed by atoms with Gasteiger partial charge in [-0.1, -0.05) is 42.5 Å². The molecule has 1 amide bonds. The summed E-state index contributed by atoms with van der Waals surface area (Å²) < 4.78 is 3.42. The molecule has 2 aromatic heterocycles. The van der Waals surface area contributed by atoms with Crippen LogP contribution in [-0.4, -0.2) is 31.7 Å². The van der Waals surface area contributed by atoms with Gasteiger partial charge in [0, 0.05) is 49.4 Å². The number of hydrogen-bond acceptors (Lipinski definition) is 3. The van der Waals surface area contributed by atoms with Crippen LogP contribution in [0.4, 0.5) is 0 Å². The minimum atomic E-state index is -0.109. The number of benzene rings is 2. The molecule has 0 saturated carbocycles. The van der Waals surface area contributed by atoms with Crippen LogP contribution in [0.5, 0.6) is 0 Å². The molecule has 0 spiro atoms. The van der Waals surface area contributed by atoms with E-state index in [1.54, 1.807) is 13.2 Å². The van der Waals surface area contributed by atoms with E-state index in [1.807, 2.05) is 39.8 Å². The van der Waals surface area contributed by atoms with Gasteiger partial charge >= 0.3 is 0 Å². The number of aryl methyl sites for hydroxylation is 2. The average Bonchev–Trinajstić information content (AvgIpc) is 3.10. The van der Waals surface area contributed by atoms with Crippen LogP contribution in [-0.2, 0) is 31.4 Å². The van der Waals surface area contributed by atoms with Crippen LogP contribution in [0.25, 0.3) is 21.8 Å². The van der Waals surface area contributed by atoms with E-state index in [0.29, 0.717) is 31.4 Å². The second-order valence-corrected chi connectivity index (χ2v) is 7.94. The molecule has 5 rings (SSSR count). The third-order valence-electron chi connectivity index (χ3n) is 6.12. The Balaban J connectivity index is 1.36. The summed E-state index contributed by atoms with van der Waals surface area (Å²) in [4.78, 5) is 27.6. The first-order valence-corrected chi connectivity index (χ1v) is 10.4. The molecule has 4 aromatic rings. The average molecular weight is 400 g/mol.